The van der Waals surface area contributed by atoms with Crippen molar-refractivity contribution < 1.29 is 9.59 Å². The van der Waals surface area contributed by atoms with E-state index < -0.39 is 17.2 Å². The number of benzene rings is 1. The van der Waals surface area contributed by atoms with Crippen molar-refractivity contribution in [3.63, 3.8) is 0 Å². The first-order valence-electron chi connectivity index (χ1n) is 8.16. The maximum Gasteiger partial charge on any atom is 0.318 e. The number of primary amides is 1. The second-order valence-corrected chi connectivity index (χ2v) is 7.09. The molecule has 138 valence electrons. The van der Waals surface area contributed by atoms with Crippen LogP contribution in [0.1, 0.15) is 12.5 Å². The van der Waals surface area contributed by atoms with Gasteiger partial charge in [-0.1, -0.05) is 30.0 Å². The minimum Gasteiger partial charge on any atom is -0.351 e. The number of rotatable bonds is 5. The summed E-state index contributed by atoms with van der Waals surface area (Å²) in [4.78, 5) is 27.1. The Morgan fingerprint density at radius 3 is 2.63 bits per heavy atom. The Morgan fingerprint density at radius 1 is 1.19 bits per heavy atom. The number of nitrogens with zero attached hydrogens (tertiary/aromatic N) is 4. The Morgan fingerprint density at radius 2 is 1.96 bits per heavy atom. The average molecular weight is 382 g/mol. The number of thioether (sulfide) groups is 1. The van der Waals surface area contributed by atoms with E-state index in [0.29, 0.717) is 11.0 Å². The predicted molar refractivity (Wildman–Crippen MR) is 102 cm³/mol. The molecule has 3 amide bonds. The molecule has 2 aromatic heterocycles. The molecule has 0 fully saturated rings. The highest BCUT2D eigenvalue weighted by molar-refractivity contribution is 8.00. The SMILES string of the molecule is Cc1ccccc1-n1c(SC(C)C(=O)NC(N)=O)nnc1-c1cccnc1. The fourth-order valence-electron chi connectivity index (χ4n) is 2.49. The fraction of sp³-hybridized carbons (Fsp3) is 0.167. The third-order valence-corrected chi connectivity index (χ3v) is 4.85. The molecule has 0 saturated heterocycles. The van der Waals surface area contributed by atoms with Crippen LogP contribution in [0.2, 0.25) is 0 Å². The second-order valence-electron chi connectivity index (χ2n) is 5.78. The zero-order valence-corrected chi connectivity index (χ0v) is 15.6. The summed E-state index contributed by atoms with van der Waals surface area (Å²) in [5.74, 6) is 0.122. The Hall–Kier alpha value is -3.20. The lowest BCUT2D eigenvalue weighted by Gasteiger charge is -2.14. The Balaban J connectivity index is 2.05. The van der Waals surface area contributed by atoms with E-state index in [1.165, 1.54) is 11.8 Å². The van der Waals surface area contributed by atoms with Crippen LogP contribution in [0.15, 0.2) is 53.9 Å². The number of pyridine rings is 1. The minimum absolute atomic E-state index is 0.491. The first-order valence-corrected chi connectivity index (χ1v) is 9.04. The van der Waals surface area contributed by atoms with E-state index >= 15 is 0 Å². The summed E-state index contributed by atoms with van der Waals surface area (Å²) in [5, 5.41) is 10.6. The number of nitrogens with two attached hydrogens (primary N) is 1. The van der Waals surface area contributed by atoms with Gasteiger partial charge in [0.2, 0.25) is 5.91 Å². The highest BCUT2D eigenvalue weighted by atomic mass is 32.2. The van der Waals surface area contributed by atoms with E-state index in [1.807, 2.05) is 47.9 Å². The molecule has 3 N–H and O–H groups in total. The van der Waals surface area contributed by atoms with Crippen molar-refractivity contribution >= 4 is 23.7 Å². The lowest BCUT2D eigenvalue weighted by molar-refractivity contribution is -0.119. The molecule has 3 aromatic rings. The number of aromatic nitrogens is 4. The van der Waals surface area contributed by atoms with Crippen LogP contribution in [-0.4, -0.2) is 36.9 Å². The number of aryl methyl sites for hydroxylation is 1. The molecule has 0 aliphatic carbocycles. The lowest BCUT2D eigenvalue weighted by Crippen LogP contribution is -2.39. The molecular formula is C18H18N6O2S. The van der Waals surface area contributed by atoms with Crippen molar-refractivity contribution in [3.8, 4) is 17.1 Å². The molecule has 1 atom stereocenters. The van der Waals surface area contributed by atoms with E-state index in [0.717, 1.165) is 16.8 Å². The van der Waals surface area contributed by atoms with E-state index in [9.17, 15) is 9.59 Å². The Kier molecular flexibility index (Phi) is 5.51. The second kappa shape index (κ2) is 8.00. The lowest BCUT2D eigenvalue weighted by atomic mass is 10.2. The van der Waals surface area contributed by atoms with Gasteiger partial charge in [-0.25, -0.2) is 4.79 Å². The summed E-state index contributed by atoms with van der Waals surface area (Å²) in [6.45, 7) is 3.66. The number of hydrogen-bond donors (Lipinski definition) is 2. The maximum absolute atomic E-state index is 12.0. The molecule has 3 rings (SSSR count). The first kappa shape index (κ1) is 18.6. The summed E-state index contributed by atoms with van der Waals surface area (Å²) < 4.78 is 1.88. The highest BCUT2D eigenvalue weighted by Gasteiger charge is 2.23. The van der Waals surface area contributed by atoms with Crippen molar-refractivity contribution in [1.29, 1.82) is 0 Å². The van der Waals surface area contributed by atoms with Gasteiger partial charge >= 0.3 is 6.03 Å². The molecule has 8 nitrogen and oxygen atoms in total. The van der Waals surface area contributed by atoms with Gasteiger partial charge in [0.25, 0.3) is 0 Å². The monoisotopic (exact) mass is 382 g/mol. The smallest absolute Gasteiger partial charge is 0.318 e. The number of urea groups is 1. The van der Waals surface area contributed by atoms with Gasteiger partial charge in [0.1, 0.15) is 0 Å². The number of nitrogens with one attached hydrogen (secondary N) is 1. The van der Waals surface area contributed by atoms with E-state index in [1.54, 1.807) is 19.3 Å². The molecule has 9 heteroatoms. The van der Waals surface area contributed by atoms with Crippen LogP contribution < -0.4 is 11.1 Å². The topological polar surface area (TPSA) is 116 Å². The first-order chi connectivity index (χ1) is 13.0. The van der Waals surface area contributed by atoms with Crippen LogP contribution >= 0.6 is 11.8 Å². The number of hydrogen-bond acceptors (Lipinski definition) is 6. The minimum atomic E-state index is -0.885. The molecular weight excluding hydrogens is 364 g/mol. The maximum atomic E-state index is 12.0. The third-order valence-electron chi connectivity index (χ3n) is 3.81. The van der Waals surface area contributed by atoms with Crippen molar-refractivity contribution in [2.24, 2.45) is 5.73 Å². The van der Waals surface area contributed by atoms with Crippen LogP contribution in [-0.2, 0) is 4.79 Å². The van der Waals surface area contributed by atoms with E-state index in [2.05, 4.69) is 20.5 Å². The number of imide groups is 1. The molecule has 0 radical (unpaired) electrons. The third kappa shape index (κ3) is 4.14. The summed E-state index contributed by atoms with van der Waals surface area (Å²) in [7, 11) is 0. The van der Waals surface area contributed by atoms with Gasteiger partial charge in [0.05, 0.1) is 10.9 Å². The quantitative estimate of drug-likeness (QED) is 0.654. The van der Waals surface area contributed by atoms with Crippen LogP contribution in [0, 0.1) is 6.92 Å². The van der Waals surface area contributed by atoms with Gasteiger partial charge < -0.3 is 5.73 Å². The van der Waals surface area contributed by atoms with Gasteiger partial charge in [-0.15, -0.1) is 10.2 Å². The Bertz CT molecular complexity index is 973. The molecule has 27 heavy (non-hydrogen) atoms. The van der Waals surface area contributed by atoms with Crippen LogP contribution in [0.25, 0.3) is 17.1 Å². The van der Waals surface area contributed by atoms with Gasteiger partial charge in [0.15, 0.2) is 11.0 Å². The van der Waals surface area contributed by atoms with Gasteiger partial charge in [-0.2, -0.15) is 0 Å². The predicted octanol–water partition coefficient (Wildman–Crippen LogP) is 2.31. The van der Waals surface area contributed by atoms with Crippen molar-refractivity contribution in [1.82, 2.24) is 25.1 Å². The van der Waals surface area contributed by atoms with Crippen LogP contribution in [0.3, 0.4) is 0 Å². The summed E-state index contributed by atoms with van der Waals surface area (Å²) >= 11 is 1.19. The summed E-state index contributed by atoms with van der Waals surface area (Å²) in [6, 6.07) is 10.6. The van der Waals surface area contributed by atoms with Gasteiger partial charge in [0, 0.05) is 18.0 Å². The molecule has 1 aromatic carbocycles. The zero-order valence-electron chi connectivity index (χ0n) is 14.8. The van der Waals surface area contributed by atoms with E-state index in [-0.39, 0.29) is 0 Å². The summed E-state index contributed by atoms with van der Waals surface area (Å²) in [6.07, 6.45) is 3.39. The largest absolute Gasteiger partial charge is 0.351 e. The van der Waals surface area contributed by atoms with Crippen LogP contribution in [0.4, 0.5) is 4.79 Å². The summed E-state index contributed by atoms with van der Waals surface area (Å²) in [5.41, 5.74) is 7.75. The normalized spacial score (nSPS) is 11.8. The molecule has 0 aliphatic heterocycles. The zero-order chi connectivity index (χ0) is 19.4. The highest BCUT2D eigenvalue weighted by Crippen LogP contribution is 2.31. The van der Waals surface area contributed by atoms with Crippen LogP contribution in [0.5, 0.6) is 0 Å². The molecule has 0 spiro atoms. The number of carbonyl (C=O) groups excluding carboxylic acids is 2. The fourth-order valence-corrected chi connectivity index (χ4v) is 3.35. The van der Waals surface area contributed by atoms with Gasteiger partial charge in [-0.05, 0) is 37.6 Å². The molecule has 0 bridgehead atoms. The van der Waals surface area contributed by atoms with Crippen molar-refractivity contribution in [2.45, 2.75) is 24.3 Å². The number of amides is 3. The molecule has 1 unspecified atom stereocenters. The molecule has 0 aliphatic rings. The van der Waals surface area contributed by atoms with E-state index in [4.69, 9.17) is 5.73 Å². The van der Waals surface area contributed by atoms with Gasteiger partial charge in [-0.3, -0.25) is 19.7 Å². The Labute approximate surface area is 160 Å². The standard InChI is InChI=1S/C18H18N6O2S/c1-11-6-3-4-8-14(11)24-15(13-7-5-9-20-10-13)22-23-18(24)27-12(2)16(25)21-17(19)26/h3-10,12H,1-2H3,(H3,19,21,25,26). The van der Waals surface area contributed by atoms with Crippen molar-refractivity contribution in [3.05, 3.63) is 54.4 Å². The van der Waals surface area contributed by atoms with Crippen molar-refractivity contribution in [2.75, 3.05) is 0 Å². The number of carbonyl (C=O) groups is 2. The number of para-hydroxylation sites is 1. The average Bonchev–Trinajstić information content (AvgIpc) is 3.05. The molecule has 0 saturated carbocycles. The molecule has 2 heterocycles.